The van der Waals surface area contributed by atoms with Gasteiger partial charge in [0, 0.05) is 31.2 Å². The third-order valence-corrected chi connectivity index (χ3v) is 4.84. The van der Waals surface area contributed by atoms with Crippen LogP contribution >= 0.6 is 0 Å². The van der Waals surface area contributed by atoms with E-state index >= 15 is 0 Å². The average Bonchev–Trinajstić information content (AvgIpc) is 3.30. The Hall–Kier alpha value is -1.63. The molecule has 2 saturated heterocycles. The molecule has 3 atom stereocenters. The molecule has 2 fully saturated rings. The van der Waals surface area contributed by atoms with Gasteiger partial charge in [-0.1, -0.05) is 12.1 Å². The van der Waals surface area contributed by atoms with Crippen LogP contribution in [0.25, 0.3) is 0 Å². The molecule has 0 bridgehead atoms. The first kappa shape index (κ1) is 18.2. The van der Waals surface area contributed by atoms with Crippen molar-refractivity contribution in [1.82, 2.24) is 5.32 Å². The fourth-order valence-electron chi connectivity index (χ4n) is 3.23. The highest BCUT2D eigenvalue weighted by Gasteiger charge is 2.29. The summed E-state index contributed by atoms with van der Waals surface area (Å²) in [7, 11) is 0. The summed E-state index contributed by atoms with van der Waals surface area (Å²) in [6.45, 7) is 5.16. The first-order chi connectivity index (χ1) is 12.2. The molecule has 6 heteroatoms. The Kier molecular flexibility index (Phi) is 6.29. The molecule has 2 aliphatic rings. The molecule has 1 unspecified atom stereocenters. The highest BCUT2D eigenvalue weighted by atomic mass is 16.5. The van der Waals surface area contributed by atoms with Gasteiger partial charge in [-0.25, -0.2) is 0 Å². The molecule has 1 amide bonds. The third-order valence-electron chi connectivity index (χ3n) is 4.84. The Morgan fingerprint density at radius 1 is 1.36 bits per heavy atom. The summed E-state index contributed by atoms with van der Waals surface area (Å²) in [6.07, 6.45) is 2.23. The highest BCUT2D eigenvalue weighted by Crippen LogP contribution is 2.23. The molecule has 0 aliphatic carbocycles. The van der Waals surface area contributed by atoms with E-state index in [2.05, 4.69) is 5.32 Å². The van der Waals surface area contributed by atoms with Crippen molar-refractivity contribution >= 4 is 5.91 Å². The second-order valence-electron chi connectivity index (χ2n) is 6.93. The van der Waals surface area contributed by atoms with Gasteiger partial charge in [0.2, 0.25) is 5.91 Å². The van der Waals surface area contributed by atoms with Crippen LogP contribution in [0.15, 0.2) is 18.2 Å². The SMILES string of the molecule is Cc1ccc(CNC(=O)[C@@H]2CC[C@H](CN)O2)c(OCC2CCOC2)c1. The lowest BCUT2D eigenvalue weighted by atomic mass is 10.1. The van der Waals surface area contributed by atoms with Crippen LogP contribution in [0.4, 0.5) is 0 Å². The highest BCUT2D eigenvalue weighted by molar-refractivity contribution is 5.81. The number of ether oxygens (including phenoxy) is 3. The molecular weight excluding hydrogens is 320 g/mol. The van der Waals surface area contributed by atoms with Crippen LogP contribution < -0.4 is 15.8 Å². The number of carbonyl (C=O) groups is 1. The van der Waals surface area contributed by atoms with Crippen molar-refractivity contribution in [3.8, 4) is 5.75 Å². The lowest BCUT2D eigenvalue weighted by Crippen LogP contribution is -2.35. The Balaban J connectivity index is 1.55. The lowest BCUT2D eigenvalue weighted by molar-refractivity contribution is -0.132. The van der Waals surface area contributed by atoms with Crippen LogP contribution in [0.2, 0.25) is 0 Å². The molecule has 0 aromatic heterocycles. The maximum atomic E-state index is 12.3. The molecule has 2 heterocycles. The summed E-state index contributed by atoms with van der Waals surface area (Å²) < 4.78 is 17.1. The summed E-state index contributed by atoms with van der Waals surface area (Å²) >= 11 is 0. The van der Waals surface area contributed by atoms with Crippen LogP contribution in [0, 0.1) is 12.8 Å². The van der Waals surface area contributed by atoms with Gasteiger partial charge in [-0.3, -0.25) is 4.79 Å². The molecule has 1 aromatic rings. The number of nitrogens with one attached hydrogen (secondary N) is 1. The predicted octanol–water partition coefficient (Wildman–Crippen LogP) is 1.53. The van der Waals surface area contributed by atoms with E-state index in [1.165, 1.54) is 0 Å². The quantitative estimate of drug-likeness (QED) is 0.781. The molecule has 2 aliphatic heterocycles. The number of hydrogen-bond acceptors (Lipinski definition) is 5. The van der Waals surface area contributed by atoms with Gasteiger partial charge in [-0.2, -0.15) is 0 Å². The van der Waals surface area contributed by atoms with Gasteiger partial charge in [0.05, 0.1) is 19.3 Å². The Labute approximate surface area is 149 Å². The molecule has 3 N–H and O–H groups in total. The van der Waals surface area contributed by atoms with E-state index in [0.29, 0.717) is 25.6 Å². The standard InChI is InChI=1S/C19H28N2O4/c1-13-2-3-15(18(8-13)24-12-14-6-7-23-11-14)10-21-19(22)17-5-4-16(9-20)25-17/h2-3,8,14,16-17H,4-7,9-12,20H2,1H3,(H,21,22)/t14?,16-,17+/m1/s1. The van der Waals surface area contributed by atoms with Crippen molar-refractivity contribution < 1.29 is 19.0 Å². The van der Waals surface area contributed by atoms with Crippen LogP contribution in [0.5, 0.6) is 5.75 Å². The molecule has 6 nitrogen and oxygen atoms in total. The monoisotopic (exact) mass is 348 g/mol. The number of aryl methyl sites for hydroxylation is 1. The van der Waals surface area contributed by atoms with Crippen molar-refractivity contribution in [3.63, 3.8) is 0 Å². The van der Waals surface area contributed by atoms with E-state index in [4.69, 9.17) is 19.9 Å². The normalized spacial score (nSPS) is 25.9. The largest absolute Gasteiger partial charge is 0.493 e. The molecule has 0 spiro atoms. The fraction of sp³-hybridized carbons (Fsp3) is 0.632. The van der Waals surface area contributed by atoms with Gasteiger partial charge in [0.25, 0.3) is 0 Å². The molecule has 0 radical (unpaired) electrons. The Bertz CT molecular complexity index is 587. The Morgan fingerprint density at radius 3 is 2.96 bits per heavy atom. The maximum Gasteiger partial charge on any atom is 0.249 e. The van der Waals surface area contributed by atoms with Crippen LogP contribution in [0.3, 0.4) is 0 Å². The lowest BCUT2D eigenvalue weighted by Gasteiger charge is -2.17. The Morgan fingerprint density at radius 2 is 2.24 bits per heavy atom. The van der Waals surface area contributed by atoms with Gasteiger partial charge >= 0.3 is 0 Å². The molecule has 0 saturated carbocycles. The molecule has 25 heavy (non-hydrogen) atoms. The number of amides is 1. The van der Waals surface area contributed by atoms with E-state index in [1.54, 1.807) is 0 Å². The van der Waals surface area contributed by atoms with Crippen molar-refractivity contribution in [3.05, 3.63) is 29.3 Å². The number of rotatable bonds is 7. The number of nitrogens with two attached hydrogens (primary N) is 1. The van der Waals surface area contributed by atoms with Crippen molar-refractivity contribution in [2.45, 2.75) is 44.9 Å². The van der Waals surface area contributed by atoms with Gasteiger partial charge < -0.3 is 25.3 Å². The third kappa shape index (κ3) is 4.93. The van der Waals surface area contributed by atoms with Crippen LogP contribution in [0.1, 0.15) is 30.4 Å². The minimum atomic E-state index is -0.390. The summed E-state index contributed by atoms with van der Waals surface area (Å²) in [5.74, 6) is 1.20. The topological polar surface area (TPSA) is 82.8 Å². The van der Waals surface area contributed by atoms with Gasteiger partial charge in [0.1, 0.15) is 11.9 Å². The van der Waals surface area contributed by atoms with E-state index in [-0.39, 0.29) is 18.1 Å². The second-order valence-corrected chi connectivity index (χ2v) is 6.93. The summed E-state index contributed by atoms with van der Waals surface area (Å²) in [6, 6.07) is 6.06. The van der Waals surface area contributed by atoms with Crippen molar-refractivity contribution in [2.75, 3.05) is 26.4 Å². The number of benzene rings is 1. The van der Waals surface area contributed by atoms with E-state index < -0.39 is 0 Å². The number of hydrogen-bond donors (Lipinski definition) is 2. The zero-order valence-corrected chi connectivity index (χ0v) is 14.8. The first-order valence-corrected chi connectivity index (χ1v) is 9.09. The molecular formula is C19H28N2O4. The maximum absolute atomic E-state index is 12.3. The van der Waals surface area contributed by atoms with E-state index in [0.717, 1.165) is 49.4 Å². The predicted molar refractivity (Wildman–Crippen MR) is 94.4 cm³/mol. The zero-order valence-electron chi connectivity index (χ0n) is 14.8. The van der Waals surface area contributed by atoms with Gasteiger partial charge in [0.15, 0.2) is 0 Å². The smallest absolute Gasteiger partial charge is 0.249 e. The number of carbonyl (C=O) groups excluding carboxylic acids is 1. The second kappa shape index (κ2) is 8.65. The van der Waals surface area contributed by atoms with Crippen LogP contribution in [-0.4, -0.2) is 44.5 Å². The van der Waals surface area contributed by atoms with Crippen molar-refractivity contribution in [2.24, 2.45) is 11.7 Å². The van der Waals surface area contributed by atoms with Gasteiger partial charge in [-0.15, -0.1) is 0 Å². The summed E-state index contributed by atoms with van der Waals surface area (Å²) in [4.78, 5) is 12.3. The van der Waals surface area contributed by atoms with Crippen LogP contribution in [-0.2, 0) is 20.8 Å². The summed E-state index contributed by atoms with van der Waals surface area (Å²) in [5, 5.41) is 2.96. The van der Waals surface area contributed by atoms with Gasteiger partial charge in [-0.05, 0) is 37.8 Å². The fourth-order valence-corrected chi connectivity index (χ4v) is 3.23. The van der Waals surface area contributed by atoms with Crippen molar-refractivity contribution in [1.29, 1.82) is 0 Å². The summed E-state index contributed by atoms with van der Waals surface area (Å²) in [5.41, 5.74) is 7.71. The average molecular weight is 348 g/mol. The van der Waals surface area contributed by atoms with E-state index in [9.17, 15) is 4.79 Å². The minimum Gasteiger partial charge on any atom is -0.493 e. The zero-order chi connectivity index (χ0) is 17.6. The van der Waals surface area contributed by atoms with E-state index in [1.807, 2.05) is 25.1 Å². The molecule has 1 aromatic carbocycles. The molecule has 138 valence electrons. The first-order valence-electron chi connectivity index (χ1n) is 9.09. The molecule has 3 rings (SSSR count). The minimum absolute atomic E-state index is 0.00245.